The average Bonchev–Trinajstić information content (AvgIpc) is 2.46. The zero-order valence-corrected chi connectivity index (χ0v) is 14.3. The minimum atomic E-state index is -3.53. The third-order valence-corrected chi connectivity index (χ3v) is 3.83. The van der Waals surface area contributed by atoms with E-state index in [1.807, 2.05) is 31.2 Å². The minimum Gasteiger partial charge on any atom is -0.345 e. The molecule has 0 bridgehead atoms. The number of nitrogens with zero attached hydrogens (tertiary/aromatic N) is 2. The lowest BCUT2D eigenvalue weighted by Crippen LogP contribution is -2.24. The van der Waals surface area contributed by atoms with E-state index < -0.39 is 10.0 Å². The van der Waals surface area contributed by atoms with Crippen LogP contribution in [0.3, 0.4) is 0 Å². The van der Waals surface area contributed by atoms with Crippen LogP contribution in [0.25, 0.3) is 11.1 Å². The number of aromatic nitrogens is 1. The van der Waals surface area contributed by atoms with E-state index in [0.717, 1.165) is 22.9 Å². The lowest BCUT2D eigenvalue weighted by Gasteiger charge is -2.15. The minimum absolute atomic E-state index is 0.0311. The van der Waals surface area contributed by atoms with Crippen molar-refractivity contribution in [3.63, 3.8) is 0 Å². The zero-order chi connectivity index (χ0) is 17.2. The van der Waals surface area contributed by atoms with Gasteiger partial charge in [-0.3, -0.25) is 9.52 Å². The quantitative estimate of drug-likeness (QED) is 0.929. The molecule has 1 heterocycles. The van der Waals surface area contributed by atoms with E-state index in [2.05, 4.69) is 9.71 Å². The summed E-state index contributed by atoms with van der Waals surface area (Å²) in [4.78, 5) is 17.9. The highest BCUT2D eigenvalue weighted by atomic mass is 32.2. The van der Waals surface area contributed by atoms with Gasteiger partial charge in [-0.1, -0.05) is 24.3 Å². The summed E-state index contributed by atoms with van der Waals surface area (Å²) >= 11 is 0. The third kappa shape index (κ3) is 4.07. The Labute approximate surface area is 136 Å². The van der Waals surface area contributed by atoms with Crippen LogP contribution in [0, 0.1) is 6.92 Å². The molecule has 23 heavy (non-hydrogen) atoms. The van der Waals surface area contributed by atoms with E-state index in [9.17, 15) is 13.2 Å². The molecule has 0 aliphatic rings. The molecule has 1 aromatic heterocycles. The number of nitrogens with one attached hydrogen (secondary N) is 1. The van der Waals surface area contributed by atoms with Gasteiger partial charge in [0, 0.05) is 25.9 Å². The van der Waals surface area contributed by atoms with Crippen molar-refractivity contribution in [2.45, 2.75) is 6.92 Å². The SMILES string of the molecule is Cc1ccccc1-c1cnc(NS(C)(=O)=O)c(C(=O)N(C)C)c1. The normalized spacial score (nSPS) is 11.1. The Morgan fingerprint density at radius 3 is 2.43 bits per heavy atom. The van der Waals surface area contributed by atoms with E-state index in [0.29, 0.717) is 0 Å². The number of hydrogen-bond donors (Lipinski definition) is 1. The Morgan fingerprint density at radius 1 is 1.22 bits per heavy atom. The number of hydrogen-bond acceptors (Lipinski definition) is 4. The molecule has 1 N–H and O–H groups in total. The molecule has 122 valence electrons. The first-order valence-corrected chi connectivity index (χ1v) is 8.83. The van der Waals surface area contributed by atoms with Gasteiger partial charge in [-0.05, 0) is 24.1 Å². The van der Waals surface area contributed by atoms with Gasteiger partial charge < -0.3 is 4.90 Å². The number of benzene rings is 1. The van der Waals surface area contributed by atoms with Crippen molar-refractivity contribution in [2.24, 2.45) is 0 Å². The predicted octanol–water partition coefficient (Wildman–Crippen LogP) is 2.13. The first-order chi connectivity index (χ1) is 10.7. The molecule has 0 fully saturated rings. The van der Waals surface area contributed by atoms with Crippen molar-refractivity contribution in [3.8, 4) is 11.1 Å². The fourth-order valence-electron chi connectivity index (χ4n) is 2.17. The maximum Gasteiger partial charge on any atom is 0.257 e. The van der Waals surface area contributed by atoms with Crippen LogP contribution in [-0.4, -0.2) is 44.6 Å². The number of carbonyl (C=O) groups excluding carboxylic acids is 1. The van der Waals surface area contributed by atoms with Crippen molar-refractivity contribution in [1.82, 2.24) is 9.88 Å². The monoisotopic (exact) mass is 333 g/mol. The Hall–Kier alpha value is -2.41. The summed E-state index contributed by atoms with van der Waals surface area (Å²) in [5.74, 6) is -0.289. The van der Waals surface area contributed by atoms with Crippen molar-refractivity contribution >= 4 is 21.7 Å². The predicted molar refractivity (Wildman–Crippen MR) is 90.9 cm³/mol. The Kier molecular flexibility index (Phi) is 4.70. The molecule has 7 heteroatoms. The van der Waals surface area contributed by atoms with Crippen LogP contribution in [0.1, 0.15) is 15.9 Å². The van der Waals surface area contributed by atoms with Gasteiger partial charge in [-0.25, -0.2) is 13.4 Å². The second-order valence-corrected chi connectivity index (χ2v) is 7.26. The highest BCUT2D eigenvalue weighted by Gasteiger charge is 2.18. The van der Waals surface area contributed by atoms with Crippen LogP contribution >= 0.6 is 0 Å². The lowest BCUT2D eigenvalue weighted by molar-refractivity contribution is 0.0828. The van der Waals surface area contributed by atoms with Gasteiger partial charge in [-0.2, -0.15) is 0 Å². The maximum absolute atomic E-state index is 12.4. The molecule has 2 rings (SSSR count). The number of rotatable bonds is 4. The topological polar surface area (TPSA) is 79.4 Å². The highest BCUT2D eigenvalue weighted by Crippen LogP contribution is 2.26. The van der Waals surface area contributed by atoms with E-state index in [4.69, 9.17) is 0 Å². The summed E-state index contributed by atoms with van der Waals surface area (Å²) < 4.78 is 25.2. The molecule has 0 spiro atoms. The fraction of sp³-hybridized carbons (Fsp3) is 0.250. The molecule has 2 aromatic rings. The van der Waals surface area contributed by atoms with Crippen LogP contribution in [0.5, 0.6) is 0 Å². The van der Waals surface area contributed by atoms with Gasteiger partial charge in [0.2, 0.25) is 10.0 Å². The van der Waals surface area contributed by atoms with Gasteiger partial charge in [0.1, 0.15) is 0 Å². The second kappa shape index (κ2) is 6.37. The largest absolute Gasteiger partial charge is 0.345 e. The summed E-state index contributed by atoms with van der Waals surface area (Å²) in [6.07, 6.45) is 2.58. The van der Waals surface area contributed by atoms with Crippen LogP contribution in [0.4, 0.5) is 5.82 Å². The smallest absolute Gasteiger partial charge is 0.257 e. The summed E-state index contributed by atoms with van der Waals surface area (Å²) in [5, 5.41) is 0. The molecular formula is C16H19N3O3S. The number of aryl methyl sites for hydroxylation is 1. The van der Waals surface area contributed by atoms with E-state index >= 15 is 0 Å². The van der Waals surface area contributed by atoms with E-state index in [1.165, 1.54) is 4.90 Å². The van der Waals surface area contributed by atoms with E-state index in [1.54, 1.807) is 26.4 Å². The molecule has 0 atom stereocenters. The van der Waals surface area contributed by atoms with Crippen molar-refractivity contribution in [2.75, 3.05) is 25.1 Å². The number of amides is 1. The van der Waals surface area contributed by atoms with Gasteiger partial charge >= 0.3 is 0 Å². The fourth-order valence-corrected chi connectivity index (χ4v) is 2.68. The molecule has 0 saturated heterocycles. The van der Waals surface area contributed by atoms with Crippen LogP contribution < -0.4 is 4.72 Å². The number of pyridine rings is 1. The molecule has 0 unspecified atom stereocenters. The molecule has 1 aromatic carbocycles. The Bertz CT molecular complexity index is 845. The summed E-state index contributed by atoms with van der Waals surface area (Å²) in [7, 11) is -0.319. The van der Waals surface area contributed by atoms with Crippen LogP contribution in [-0.2, 0) is 10.0 Å². The maximum atomic E-state index is 12.4. The van der Waals surface area contributed by atoms with Gasteiger partial charge in [0.15, 0.2) is 5.82 Å². The van der Waals surface area contributed by atoms with Crippen molar-refractivity contribution < 1.29 is 13.2 Å². The molecule has 0 radical (unpaired) electrons. The number of carbonyl (C=O) groups is 1. The molecule has 6 nitrogen and oxygen atoms in total. The third-order valence-electron chi connectivity index (χ3n) is 3.26. The first kappa shape index (κ1) is 17.0. The Balaban J connectivity index is 2.60. The van der Waals surface area contributed by atoms with Crippen LogP contribution in [0.15, 0.2) is 36.5 Å². The Morgan fingerprint density at radius 2 is 1.87 bits per heavy atom. The van der Waals surface area contributed by atoms with Crippen LogP contribution in [0.2, 0.25) is 0 Å². The summed E-state index contributed by atoms with van der Waals surface area (Å²) in [6.45, 7) is 1.96. The number of anilines is 1. The lowest BCUT2D eigenvalue weighted by atomic mass is 10.0. The van der Waals surface area contributed by atoms with Crippen molar-refractivity contribution in [3.05, 3.63) is 47.7 Å². The second-order valence-electron chi connectivity index (χ2n) is 5.51. The van der Waals surface area contributed by atoms with Gasteiger partial charge in [0.25, 0.3) is 5.91 Å². The zero-order valence-electron chi connectivity index (χ0n) is 13.5. The summed E-state index contributed by atoms with van der Waals surface area (Å²) in [5.41, 5.74) is 2.95. The number of sulfonamides is 1. The molecule has 0 saturated carbocycles. The van der Waals surface area contributed by atoms with Crippen molar-refractivity contribution in [1.29, 1.82) is 0 Å². The molecule has 0 aliphatic carbocycles. The summed E-state index contributed by atoms with van der Waals surface area (Å²) in [6, 6.07) is 9.38. The first-order valence-electron chi connectivity index (χ1n) is 6.94. The van der Waals surface area contributed by atoms with Gasteiger partial charge in [0.05, 0.1) is 11.8 Å². The molecular weight excluding hydrogens is 314 g/mol. The standard InChI is InChI=1S/C16H19N3O3S/c1-11-7-5-6-8-13(11)12-9-14(16(20)19(2)3)15(17-10-12)18-23(4,21)22/h5-10H,1-4H3,(H,17,18). The molecule has 1 amide bonds. The van der Waals surface area contributed by atoms with Gasteiger partial charge in [-0.15, -0.1) is 0 Å². The van der Waals surface area contributed by atoms with E-state index in [-0.39, 0.29) is 17.3 Å². The average molecular weight is 333 g/mol. The molecule has 0 aliphatic heterocycles. The highest BCUT2D eigenvalue weighted by molar-refractivity contribution is 7.92.